The van der Waals surface area contributed by atoms with Gasteiger partial charge in [0.05, 0.1) is 6.10 Å². The average molecular weight is 347 g/mol. The highest BCUT2D eigenvalue weighted by Crippen LogP contribution is 2.37. The van der Waals surface area contributed by atoms with Crippen LogP contribution in [0.25, 0.3) is 0 Å². The molecule has 3 N–H and O–H groups in total. The molecule has 2 aromatic rings. The van der Waals surface area contributed by atoms with Crippen molar-refractivity contribution >= 4 is 11.9 Å². The number of rotatable bonds is 5. The number of aromatic nitrogens is 3. The van der Waals surface area contributed by atoms with E-state index in [0.717, 1.165) is 5.82 Å². The Morgan fingerprint density at radius 3 is 2.72 bits per heavy atom. The molecule has 0 spiro atoms. The Morgan fingerprint density at radius 2 is 2.08 bits per heavy atom. The topological polar surface area (TPSA) is 94.1 Å². The van der Waals surface area contributed by atoms with Crippen molar-refractivity contribution < 1.29 is 14.3 Å². The molecule has 0 aliphatic heterocycles. The lowest BCUT2D eigenvalue weighted by Gasteiger charge is -2.15. The van der Waals surface area contributed by atoms with E-state index in [1.165, 1.54) is 24.3 Å². The second-order valence-corrected chi connectivity index (χ2v) is 6.63. The number of carbonyl (C=O) groups excluding carboxylic acids is 1. The Morgan fingerprint density at radius 1 is 1.36 bits per heavy atom. The lowest BCUT2D eigenvalue weighted by molar-refractivity contribution is 0.0916. The number of benzene rings is 1. The number of hydrogen-bond acceptors (Lipinski definition) is 5. The van der Waals surface area contributed by atoms with Gasteiger partial charge in [0, 0.05) is 38.0 Å². The SMILES string of the molecule is CN(C)c1n[nH]c([C@H]2C[C@H](CNC(=O)c3ccc(F)cc3)[C@H](O)C2)n1. The molecule has 1 fully saturated rings. The van der Waals surface area contributed by atoms with Gasteiger partial charge in [0.15, 0.2) is 0 Å². The Labute approximate surface area is 145 Å². The molecule has 25 heavy (non-hydrogen) atoms. The summed E-state index contributed by atoms with van der Waals surface area (Å²) in [6.07, 6.45) is 0.790. The zero-order valence-electron chi connectivity index (χ0n) is 14.2. The summed E-state index contributed by atoms with van der Waals surface area (Å²) in [5.41, 5.74) is 0.399. The van der Waals surface area contributed by atoms with Crippen LogP contribution in [0.5, 0.6) is 0 Å². The highest BCUT2D eigenvalue weighted by Gasteiger charge is 2.35. The van der Waals surface area contributed by atoms with Gasteiger partial charge in [0.25, 0.3) is 5.91 Å². The molecule has 0 unspecified atom stereocenters. The molecular weight excluding hydrogens is 325 g/mol. The summed E-state index contributed by atoms with van der Waals surface area (Å²) in [4.78, 5) is 18.3. The highest BCUT2D eigenvalue weighted by atomic mass is 19.1. The minimum atomic E-state index is -0.508. The predicted molar refractivity (Wildman–Crippen MR) is 90.9 cm³/mol. The zero-order valence-corrected chi connectivity index (χ0v) is 14.2. The first-order valence-electron chi connectivity index (χ1n) is 8.25. The molecule has 3 rings (SSSR count). The molecule has 134 valence electrons. The number of hydrogen-bond donors (Lipinski definition) is 3. The van der Waals surface area contributed by atoms with Crippen molar-refractivity contribution in [3.63, 3.8) is 0 Å². The molecule has 1 aliphatic rings. The van der Waals surface area contributed by atoms with Gasteiger partial charge in [0.1, 0.15) is 11.6 Å². The summed E-state index contributed by atoms with van der Waals surface area (Å²) in [5.74, 6) is 0.749. The van der Waals surface area contributed by atoms with Crippen LogP contribution in [-0.4, -0.2) is 52.9 Å². The quantitative estimate of drug-likeness (QED) is 0.758. The first kappa shape index (κ1) is 17.3. The summed E-state index contributed by atoms with van der Waals surface area (Å²) in [5, 5.41) is 20.2. The van der Waals surface area contributed by atoms with Gasteiger partial charge in [-0.05, 0) is 37.1 Å². The number of nitrogens with zero attached hydrogens (tertiary/aromatic N) is 3. The number of H-pyrrole nitrogens is 1. The molecule has 0 bridgehead atoms. The van der Waals surface area contributed by atoms with Crippen LogP contribution in [0.3, 0.4) is 0 Å². The number of amides is 1. The van der Waals surface area contributed by atoms with Crippen LogP contribution >= 0.6 is 0 Å². The van der Waals surface area contributed by atoms with Gasteiger partial charge in [-0.2, -0.15) is 4.98 Å². The summed E-state index contributed by atoms with van der Waals surface area (Å²) in [7, 11) is 3.73. The van der Waals surface area contributed by atoms with Gasteiger partial charge in [-0.25, -0.2) is 4.39 Å². The highest BCUT2D eigenvalue weighted by molar-refractivity contribution is 5.94. The minimum absolute atomic E-state index is 0.0534. The van der Waals surface area contributed by atoms with Gasteiger partial charge in [0.2, 0.25) is 5.95 Å². The Kier molecular flexibility index (Phi) is 4.98. The molecule has 1 aromatic heterocycles. The third-order valence-corrected chi connectivity index (χ3v) is 4.57. The largest absolute Gasteiger partial charge is 0.393 e. The number of aliphatic hydroxyl groups excluding tert-OH is 1. The maximum absolute atomic E-state index is 12.9. The van der Waals surface area contributed by atoms with E-state index in [0.29, 0.717) is 30.9 Å². The first-order chi connectivity index (χ1) is 11.9. The van der Waals surface area contributed by atoms with Crippen molar-refractivity contribution in [3.8, 4) is 0 Å². The molecule has 1 amide bonds. The van der Waals surface area contributed by atoms with Crippen LogP contribution in [0.4, 0.5) is 10.3 Å². The van der Waals surface area contributed by atoms with Gasteiger partial charge in [-0.15, -0.1) is 5.10 Å². The lowest BCUT2D eigenvalue weighted by atomic mass is 10.0. The normalized spacial score (nSPS) is 22.8. The van der Waals surface area contributed by atoms with Gasteiger partial charge in [-0.3, -0.25) is 9.89 Å². The van der Waals surface area contributed by atoms with E-state index in [1.54, 1.807) is 0 Å². The standard InChI is InChI=1S/C17H22FN5O2/c1-23(2)17-20-15(21-22-17)11-7-12(14(24)8-11)9-19-16(25)10-3-5-13(18)6-4-10/h3-6,11-12,14,24H,7-9H2,1-2H3,(H,19,25)(H,20,21,22)/t11-,12+,14+/m0/s1. The van der Waals surface area contributed by atoms with Crippen molar-refractivity contribution in [1.82, 2.24) is 20.5 Å². The molecule has 0 radical (unpaired) electrons. The maximum Gasteiger partial charge on any atom is 0.251 e. The van der Waals surface area contributed by atoms with Crippen LogP contribution in [-0.2, 0) is 0 Å². The minimum Gasteiger partial charge on any atom is -0.393 e. The number of carbonyl (C=O) groups is 1. The van der Waals surface area contributed by atoms with Gasteiger partial charge in [-0.1, -0.05) is 0 Å². The maximum atomic E-state index is 12.9. The van der Waals surface area contributed by atoms with Crippen molar-refractivity contribution in [2.24, 2.45) is 5.92 Å². The van der Waals surface area contributed by atoms with E-state index >= 15 is 0 Å². The number of halogens is 1. The van der Waals surface area contributed by atoms with Crippen LogP contribution < -0.4 is 10.2 Å². The monoisotopic (exact) mass is 347 g/mol. The van der Waals surface area contributed by atoms with Crippen molar-refractivity contribution in [2.75, 3.05) is 25.5 Å². The van der Waals surface area contributed by atoms with Gasteiger partial charge >= 0.3 is 0 Å². The Hall–Kier alpha value is -2.48. The molecular formula is C17H22FN5O2. The molecule has 8 heteroatoms. The second-order valence-electron chi connectivity index (χ2n) is 6.63. The molecule has 1 saturated carbocycles. The Bertz CT molecular complexity index is 731. The number of aliphatic hydroxyl groups is 1. The molecule has 1 aliphatic carbocycles. The van der Waals surface area contributed by atoms with E-state index in [2.05, 4.69) is 20.5 Å². The van der Waals surface area contributed by atoms with Crippen molar-refractivity contribution in [3.05, 3.63) is 41.5 Å². The fourth-order valence-corrected chi connectivity index (χ4v) is 3.12. The number of nitrogens with one attached hydrogen (secondary N) is 2. The lowest BCUT2D eigenvalue weighted by Crippen LogP contribution is -2.32. The number of aromatic amines is 1. The van der Waals surface area contributed by atoms with Crippen LogP contribution in [0, 0.1) is 11.7 Å². The smallest absolute Gasteiger partial charge is 0.251 e. The van der Waals surface area contributed by atoms with Gasteiger partial charge < -0.3 is 15.3 Å². The van der Waals surface area contributed by atoms with E-state index < -0.39 is 6.10 Å². The van der Waals surface area contributed by atoms with E-state index in [4.69, 9.17) is 0 Å². The Balaban J connectivity index is 1.56. The molecule has 0 saturated heterocycles. The molecule has 1 aromatic carbocycles. The van der Waals surface area contributed by atoms with Crippen LogP contribution in [0.2, 0.25) is 0 Å². The van der Waals surface area contributed by atoms with Crippen LogP contribution in [0.15, 0.2) is 24.3 Å². The number of anilines is 1. The predicted octanol–water partition coefficient (Wildman–Crippen LogP) is 1.29. The van der Waals surface area contributed by atoms with E-state index in [9.17, 15) is 14.3 Å². The molecule has 3 atom stereocenters. The second kappa shape index (κ2) is 7.18. The van der Waals surface area contributed by atoms with Crippen molar-refractivity contribution in [1.29, 1.82) is 0 Å². The zero-order chi connectivity index (χ0) is 18.0. The fourth-order valence-electron chi connectivity index (χ4n) is 3.12. The van der Waals surface area contributed by atoms with E-state index in [-0.39, 0.29) is 23.6 Å². The molecule has 1 heterocycles. The summed E-state index contributed by atoms with van der Waals surface area (Å²) < 4.78 is 12.9. The third kappa shape index (κ3) is 3.96. The van der Waals surface area contributed by atoms with Crippen molar-refractivity contribution in [2.45, 2.75) is 24.9 Å². The van der Waals surface area contributed by atoms with Crippen LogP contribution in [0.1, 0.15) is 34.9 Å². The average Bonchev–Trinajstić information content (AvgIpc) is 3.20. The molecule has 7 nitrogen and oxygen atoms in total. The summed E-state index contributed by atoms with van der Waals surface area (Å²) >= 11 is 0. The summed E-state index contributed by atoms with van der Waals surface area (Å²) in [6, 6.07) is 5.38. The first-order valence-corrected chi connectivity index (χ1v) is 8.25. The van der Waals surface area contributed by atoms with E-state index in [1.807, 2.05) is 19.0 Å². The fraction of sp³-hybridized carbons (Fsp3) is 0.471. The summed E-state index contributed by atoms with van der Waals surface area (Å²) in [6.45, 7) is 0.364. The third-order valence-electron chi connectivity index (χ3n) is 4.57.